The van der Waals surface area contributed by atoms with Crippen LogP contribution in [0.25, 0.3) is 0 Å². The van der Waals surface area contributed by atoms with Gasteiger partial charge >= 0.3 is 0 Å². The Morgan fingerprint density at radius 3 is 2.65 bits per heavy atom. The number of anilines is 2. The van der Waals surface area contributed by atoms with Gasteiger partial charge in [0.25, 0.3) is 6.43 Å². The van der Waals surface area contributed by atoms with Gasteiger partial charge in [-0.1, -0.05) is 6.92 Å². The Bertz CT molecular complexity index is 358. The summed E-state index contributed by atoms with van der Waals surface area (Å²) in [6.45, 7) is 2.44. The number of nitrogen functional groups attached to an aromatic ring is 1. The van der Waals surface area contributed by atoms with Crippen molar-refractivity contribution in [1.82, 2.24) is 0 Å². The van der Waals surface area contributed by atoms with Gasteiger partial charge in [0.2, 0.25) is 0 Å². The number of ether oxygens (including phenoxy) is 1. The Balaban J connectivity index is 2.88. The van der Waals surface area contributed by atoms with Gasteiger partial charge < -0.3 is 15.8 Å². The van der Waals surface area contributed by atoms with E-state index in [0.29, 0.717) is 18.0 Å². The maximum absolute atomic E-state index is 12.8. The highest BCUT2D eigenvalue weighted by molar-refractivity contribution is 5.59. The molecule has 5 heteroatoms. The van der Waals surface area contributed by atoms with Crippen LogP contribution in [0.1, 0.15) is 25.3 Å². The van der Waals surface area contributed by atoms with E-state index in [1.165, 1.54) is 6.07 Å². The predicted octanol–water partition coefficient (Wildman–Crippen LogP) is 3.04. The highest BCUT2D eigenvalue weighted by atomic mass is 19.3. The van der Waals surface area contributed by atoms with Crippen LogP contribution < -0.4 is 11.1 Å². The van der Waals surface area contributed by atoms with Crippen molar-refractivity contribution in [1.29, 1.82) is 0 Å². The standard InChI is InChI=1S/C12H18F2N2O/c1-3-9(7-17-2)16-11-5-4-8(15)6-10(11)12(13)14/h4-6,9,12,16H,3,7,15H2,1-2H3. The Hall–Kier alpha value is -1.36. The van der Waals surface area contributed by atoms with Gasteiger partial charge in [-0.2, -0.15) is 0 Å². The smallest absolute Gasteiger partial charge is 0.265 e. The zero-order valence-electron chi connectivity index (χ0n) is 10.0. The number of alkyl halides is 2. The molecule has 0 fully saturated rings. The lowest BCUT2D eigenvalue weighted by Gasteiger charge is -2.20. The minimum Gasteiger partial charge on any atom is -0.399 e. The molecule has 0 aromatic heterocycles. The molecule has 0 bridgehead atoms. The molecule has 1 aromatic rings. The molecule has 1 aromatic carbocycles. The fraction of sp³-hybridized carbons (Fsp3) is 0.500. The maximum Gasteiger partial charge on any atom is 0.265 e. The average molecular weight is 244 g/mol. The van der Waals surface area contributed by atoms with Crippen LogP contribution in [-0.4, -0.2) is 19.8 Å². The molecule has 17 heavy (non-hydrogen) atoms. The molecule has 96 valence electrons. The van der Waals surface area contributed by atoms with Gasteiger partial charge in [-0.3, -0.25) is 0 Å². The summed E-state index contributed by atoms with van der Waals surface area (Å²) < 4.78 is 30.7. The van der Waals surface area contributed by atoms with Crippen molar-refractivity contribution in [3.63, 3.8) is 0 Å². The Labute approximate surface area is 100.0 Å². The molecule has 3 nitrogen and oxygen atoms in total. The van der Waals surface area contributed by atoms with Gasteiger partial charge in [0.05, 0.1) is 6.61 Å². The van der Waals surface area contributed by atoms with Crippen molar-refractivity contribution < 1.29 is 13.5 Å². The highest BCUT2D eigenvalue weighted by Gasteiger charge is 2.15. The number of halogens is 2. The molecule has 1 rings (SSSR count). The summed E-state index contributed by atoms with van der Waals surface area (Å²) in [5.41, 5.74) is 6.19. The van der Waals surface area contributed by atoms with Crippen LogP contribution in [-0.2, 0) is 4.74 Å². The largest absolute Gasteiger partial charge is 0.399 e. The quantitative estimate of drug-likeness (QED) is 0.756. The van der Waals surface area contributed by atoms with Crippen molar-refractivity contribution in [2.24, 2.45) is 0 Å². The van der Waals surface area contributed by atoms with Gasteiger partial charge in [-0.25, -0.2) is 8.78 Å². The summed E-state index contributed by atoms with van der Waals surface area (Å²) in [6, 6.07) is 4.50. The van der Waals surface area contributed by atoms with E-state index in [2.05, 4.69) is 5.32 Å². The molecule has 0 heterocycles. The van der Waals surface area contributed by atoms with Gasteiger partial charge in [0.15, 0.2) is 0 Å². The second-order valence-electron chi connectivity index (χ2n) is 3.85. The SMILES string of the molecule is CCC(COC)Nc1ccc(N)cc1C(F)F. The van der Waals surface area contributed by atoms with Crippen molar-refractivity contribution >= 4 is 11.4 Å². The summed E-state index contributed by atoms with van der Waals surface area (Å²) >= 11 is 0. The van der Waals surface area contributed by atoms with Crippen LogP contribution in [0, 0.1) is 0 Å². The van der Waals surface area contributed by atoms with Crippen LogP contribution in [0.3, 0.4) is 0 Å². The third-order valence-corrected chi connectivity index (χ3v) is 2.53. The summed E-state index contributed by atoms with van der Waals surface area (Å²) in [7, 11) is 1.58. The molecule has 0 saturated heterocycles. The third-order valence-electron chi connectivity index (χ3n) is 2.53. The minimum absolute atomic E-state index is 0.0149. The van der Waals surface area contributed by atoms with E-state index in [4.69, 9.17) is 10.5 Å². The zero-order valence-corrected chi connectivity index (χ0v) is 10.0. The van der Waals surface area contributed by atoms with E-state index in [0.717, 1.165) is 6.42 Å². The van der Waals surface area contributed by atoms with Crippen molar-refractivity contribution in [2.45, 2.75) is 25.8 Å². The molecule has 0 aliphatic rings. The van der Waals surface area contributed by atoms with E-state index < -0.39 is 6.43 Å². The number of rotatable bonds is 6. The lowest BCUT2D eigenvalue weighted by atomic mass is 10.1. The third kappa shape index (κ3) is 3.85. The number of benzene rings is 1. The van der Waals surface area contributed by atoms with Crippen molar-refractivity contribution in [2.75, 3.05) is 24.8 Å². The fourth-order valence-corrected chi connectivity index (χ4v) is 1.58. The minimum atomic E-state index is -2.54. The van der Waals surface area contributed by atoms with E-state index in [9.17, 15) is 8.78 Å². The number of nitrogens with two attached hydrogens (primary N) is 1. The number of nitrogens with one attached hydrogen (secondary N) is 1. The first-order valence-corrected chi connectivity index (χ1v) is 5.51. The Morgan fingerprint density at radius 1 is 1.41 bits per heavy atom. The summed E-state index contributed by atoms with van der Waals surface area (Å²) in [4.78, 5) is 0. The first kappa shape index (κ1) is 13.7. The Kier molecular flexibility index (Phi) is 5.15. The van der Waals surface area contributed by atoms with Crippen molar-refractivity contribution in [3.8, 4) is 0 Å². The molecule has 0 saturated carbocycles. The summed E-state index contributed by atoms with van der Waals surface area (Å²) in [5, 5.41) is 3.05. The second kappa shape index (κ2) is 6.39. The number of hydrogen-bond acceptors (Lipinski definition) is 3. The van der Waals surface area contributed by atoms with E-state index in [1.54, 1.807) is 19.2 Å². The van der Waals surface area contributed by atoms with Gasteiger partial charge in [0.1, 0.15) is 0 Å². The van der Waals surface area contributed by atoms with E-state index in [-0.39, 0.29) is 11.6 Å². The first-order chi connectivity index (χ1) is 8.08. The second-order valence-corrected chi connectivity index (χ2v) is 3.85. The van der Waals surface area contributed by atoms with Crippen LogP contribution in [0.15, 0.2) is 18.2 Å². The molecule has 0 spiro atoms. The van der Waals surface area contributed by atoms with Crippen LogP contribution in [0.2, 0.25) is 0 Å². The molecule has 0 amide bonds. The predicted molar refractivity (Wildman–Crippen MR) is 65.4 cm³/mol. The van der Waals surface area contributed by atoms with Crippen LogP contribution in [0.4, 0.5) is 20.2 Å². The van der Waals surface area contributed by atoms with E-state index in [1.807, 2.05) is 6.92 Å². The number of methoxy groups -OCH3 is 1. The first-order valence-electron chi connectivity index (χ1n) is 5.51. The monoisotopic (exact) mass is 244 g/mol. The maximum atomic E-state index is 12.8. The molecular formula is C12H18F2N2O. The molecule has 1 unspecified atom stereocenters. The van der Waals surface area contributed by atoms with Gasteiger partial charge in [-0.05, 0) is 24.6 Å². The molecular weight excluding hydrogens is 226 g/mol. The molecule has 3 N–H and O–H groups in total. The van der Waals surface area contributed by atoms with Crippen LogP contribution in [0.5, 0.6) is 0 Å². The normalized spacial score (nSPS) is 12.8. The topological polar surface area (TPSA) is 47.3 Å². The van der Waals surface area contributed by atoms with Crippen molar-refractivity contribution in [3.05, 3.63) is 23.8 Å². The zero-order chi connectivity index (χ0) is 12.8. The lowest BCUT2D eigenvalue weighted by Crippen LogP contribution is -2.24. The molecule has 0 radical (unpaired) electrons. The summed E-state index contributed by atoms with van der Waals surface area (Å²) in [6.07, 6.45) is -1.75. The average Bonchev–Trinajstić information content (AvgIpc) is 2.30. The van der Waals surface area contributed by atoms with Gasteiger partial charge in [-0.15, -0.1) is 0 Å². The highest BCUT2D eigenvalue weighted by Crippen LogP contribution is 2.29. The van der Waals surface area contributed by atoms with E-state index >= 15 is 0 Å². The van der Waals surface area contributed by atoms with Crippen LogP contribution >= 0.6 is 0 Å². The summed E-state index contributed by atoms with van der Waals surface area (Å²) in [5.74, 6) is 0. The molecule has 1 atom stereocenters. The molecule has 0 aliphatic carbocycles. The fourth-order valence-electron chi connectivity index (χ4n) is 1.58. The van der Waals surface area contributed by atoms with Gasteiger partial charge in [0, 0.05) is 30.1 Å². The lowest BCUT2D eigenvalue weighted by molar-refractivity contribution is 0.151. The number of hydrogen-bond donors (Lipinski definition) is 2. The molecule has 0 aliphatic heterocycles. The Morgan fingerprint density at radius 2 is 2.12 bits per heavy atom.